The average Bonchev–Trinajstić information content (AvgIpc) is 2.35. The number of rotatable bonds is 3. The Morgan fingerprint density at radius 2 is 1.94 bits per heavy atom. The highest BCUT2D eigenvalue weighted by Crippen LogP contribution is 2.26. The number of para-hydroxylation sites is 1. The van der Waals surface area contributed by atoms with Crippen LogP contribution in [0.2, 0.25) is 0 Å². The number of nitrogens with two attached hydrogens (primary N) is 1. The van der Waals surface area contributed by atoms with E-state index >= 15 is 0 Å². The zero-order chi connectivity index (χ0) is 13.0. The van der Waals surface area contributed by atoms with Gasteiger partial charge in [-0.1, -0.05) is 25.1 Å². The second-order valence-electron chi connectivity index (χ2n) is 5.25. The number of anilines is 1. The monoisotopic (exact) mass is 247 g/mol. The molecule has 3 heteroatoms. The third-order valence-corrected chi connectivity index (χ3v) is 3.65. The Hall–Kier alpha value is -1.51. The number of carbonyl (C=O) groups excluding carboxylic acids is 1. The highest BCUT2D eigenvalue weighted by atomic mass is 16.5. The predicted molar refractivity (Wildman–Crippen MR) is 72.1 cm³/mol. The number of hydrogen-bond donors (Lipinski definition) is 1. The van der Waals surface area contributed by atoms with Gasteiger partial charge in [0.25, 0.3) is 0 Å². The highest BCUT2D eigenvalue weighted by Gasteiger charge is 2.21. The van der Waals surface area contributed by atoms with E-state index in [1.807, 2.05) is 24.3 Å². The van der Waals surface area contributed by atoms with Crippen LogP contribution >= 0.6 is 0 Å². The summed E-state index contributed by atoms with van der Waals surface area (Å²) in [5, 5.41) is 0. The van der Waals surface area contributed by atoms with Gasteiger partial charge in [-0.2, -0.15) is 0 Å². The number of carbonyl (C=O) groups is 1. The zero-order valence-electron chi connectivity index (χ0n) is 10.9. The van der Waals surface area contributed by atoms with Crippen LogP contribution in [0, 0.1) is 5.92 Å². The molecule has 1 saturated carbocycles. The Labute approximate surface area is 108 Å². The molecule has 98 valence electrons. The lowest BCUT2D eigenvalue weighted by atomic mass is 9.89. The average molecular weight is 247 g/mol. The fourth-order valence-corrected chi connectivity index (χ4v) is 2.43. The first-order chi connectivity index (χ1) is 8.65. The minimum absolute atomic E-state index is 0.110. The number of benzene rings is 1. The molecule has 0 aromatic heterocycles. The molecule has 18 heavy (non-hydrogen) atoms. The molecule has 0 spiro atoms. The van der Waals surface area contributed by atoms with Gasteiger partial charge < -0.3 is 10.5 Å². The fourth-order valence-electron chi connectivity index (χ4n) is 2.43. The lowest BCUT2D eigenvalue weighted by Crippen LogP contribution is -2.24. The molecule has 0 amide bonds. The van der Waals surface area contributed by atoms with Crippen LogP contribution in [0.3, 0.4) is 0 Å². The van der Waals surface area contributed by atoms with Crippen molar-refractivity contribution >= 4 is 11.7 Å². The van der Waals surface area contributed by atoms with Crippen molar-refractivity contribution in [1.82, 2.24) is 0 Å². The number of nitrogen functional groups attached to an aromatic ring is 1. The molecule has 0 aliphatic heterocycles. The first-order valence-corrected chi connectivity index (χ1v) is 6.68. The van der Waals surface area contributed by atoms with Crippen LogP contribution in [0.15, 0.2) is 24.3 Å². The summed E-state index contributed by atoms with van der Waals surface area (Å²) < 4.78 is 5.50. The molecule has 1 aromatic carbocycles. The van der Waals surface area contributed by atoms with Gasteiger partial charge >= 0.3 is 5.97 Å². The van der Waals surface area contributed by atoms with Crippen molar-refractivity contribution in [2.45, 2.75) is 45.1 Å². The lowest BCUT2D eigenvalue weighted by molar-refractivity contribution is -0.150. The second kappa shape index (κ2) is 5.89. The Morgan fingerprint density at radius 1 is 1.28 bits per heavy atom. The summed E-state index contributed by atoms with van der Waals surface area (Å²) in [4.78, 5) is 11.8. The molecule has 1 fully saturated rings. The summed E-state index contributed by atoms with van der Waals surface area (Å²) >= 11 is 0. The van der Waals surface area contributed by atoms with Crippen molar-refractivity contribution in [3.05, 3.63) is 29.8 Å². The summed E-state index contributed by atoms with van der Waals surface area (Å²) in [6, 6.07) is 7.44. The molecule has 0 radical (unpaired) electrons. The van der Waals surface area contributed by atoms with Gasteiger partial charge in [0, 0.05) is 5.69 Å². The smallest absolute Gasteiger partial charge is 0.310 e. The molecule has 0 saturated heterocycles. The van der Waals surface area contributed by atoms with Gasteiger partial charge in [-0.05, 0) is 43.2 Å². The quantitative estimate of drug-likeness (QED) is 0.660. The molecular formula is C15H21NO2. The fraction of sp³-hybridized carbons (Fsp3) is 0.533. The van der Waals surface area contributed by atoms with Gasteiger partial charge in [-0.15, -0.1) is 0 Å². The van der Waals surface area contributed by atoms with Crippen molar-refractivity contribution in [3.8, 4) is 0 Å². The number of hydrogen-bond acceptors (Lipinski definition) is 3. The molecule has 1 aliphatic carbocycles. The van der Waals surface area contributed by atoms with Gasteiger partial charge in [0.15, 0.2) is 0 Å². The standard InChI is InChI=1S/C15H21NO2/c1-11-6-8-13(9-7-11)18-15(17)10-12-4-2-3-5-14(12)16/h2-5,11,13H,6-10,16H2,1H3. The van der Waals surface area contributed by atoms with Crippen LogP contribution < -0.4 is 5.73 Å². The van der Waals surface area contributed by atoms with Crippen molar-refractivity contribution in [3.63, 3.8) is 0 Å². The Kier molecular flexibility index (Phi) is 4.24. The third-order valence-electron chi connectivity index (χ3n) is 3.65. The molecule has 0 unspecified atom stereocenters. The van der Waals surface area contributed by atoms with Gasteiger partial charge in [0.1, 0.15) is 6.10 Å². The van der Waals surface area contributed by atoms with Gasteiger partial charge in [0.05, 0.1) is 6.42 Å². The molecule has 2 N–H and O–H groups in total. The van der Waals surface area contributed by atoms with Crippen LogP contribution in [-0.4, -0.2) is 12.1 Å². The van der Waals surface area contributed by atoms with Crippen LogP contribution in [0.25, 0.3) is 0 Å². The second-order valence-corrected chi connectivity index (χ2v) is 5.25. The van der Waals surface area contributed by atoms with Crippen LogP contribution in [-0.2, 0) is 16.0 Å². The van der Waals surface area contributed by atoms with Crippen molar-refractivity contribution < 1.29 is 9.53 Å². The van der Waals surface area contributed by atoms with Gasteiger partial charge in [-0.3, -0.25) is 4.79 Å². The van der Waals surface area contributed by atoms with Crippen molar-refractivity contribution in [2.75, 3.05) is 5.73 Å². The van der Waals surface area contributed by atoms with E-state index in [2.05, 4.69) is 6.92 Å². The third kappa shape index (κ3) is 3.49. The van der Waals surface area contributed by atoms with Crippen LogP contribution in [0.1, 0.15) is 38.2 Å². The van der Waals surface area contributed by atoms with E-state index < -0.39 is 0 Å². The zero-order valence-corrected chi connectivity index (χ0v) is 10.9. The summed E-state index contributed by atoms with van der Waals surface area (Å²) in [6.07, 6.45) is 4.70. The molecule has 2 rings (SSSR count). The normalized spacial score (nSPS) is 23.6. The van der Waals surface area contributed by atoms with E-state index in [4.69, 9.17) is 10.5 Å². The van der Waals surface area contributed by atoms with Crippen LogP contribution in [0.5, 0.6) is 0 Å². The highest BCUT2D eigenvalue weighted by molar-refractivity contribution is 5.75. The molecule has 0 heterocycles. The Balaban J connectivity index is 1.84. The molecule has 1 aromatic rings. The molecule has 3 nitrogen and oxygen atoms in total. The van der Waals surface area contributed by atoms with Crippen LogP contribution in [0.4, 0.5) is 5.69 Å². The van der Waals surface area contributed by atoms with E-state index in [1.165, 1.54) is 0 Å². The minimum Gasteiger partial charge on any atom is -0.462 e. The predicted octanol–water partition coefficient (Wildman–Crippen LogP) is 2.93. The lowest BCUT2D eigenvalue weighted by Gasteiger charge is -2.26. The first kappa shape index (κ1) is 12.9. The molecular weight excluding hydrogens is 226 g/mol. The van der Waals surface area contributed by atoms with E-state index in [0.29, 0.717) is 5.69 Å². The van der Waals surface area contributed by atoms with Gasteiger partial charge in [-0.25, -0.2) is 0 Å². The maximum Gasteiger partial charge on any atom is 0.310 e. The Bertz CT molecular complexity index is 409. The van der Waals surface area contributed by atoms with E-state index in [0.717, 1.165) is 37.2 Å². The maximum atomic E-state index is 11.8. The van der Waals surface area contributed by atoms with E-state index in [-0.39, 0.29) is 18.5 Å². The molecule has 1 aliphatic rings. The van der Waals surface area contributed by atoms with Crippen molar-refractivity contribution in [2.24, 2.45) is 5.92 Å². The first-order valence-electron chi connectivity index (χ1n) is 6.68. The maximum absolute atomic E-state index is 11.8. The van der Waals surface area contributed by atoms with Crippen molar-refractivity contribution in [1.29, 1.82) is 0 Å². The number of esters is 1. The Morgan fingerprint density at radius 3 is 2.61 bits per heavy atom. The number of ether oxygens (including phenoxy) is 1. The SMILES string of the molecule is CC1CCC(OC(=O)Cc2ccccc2N)CC1. The minimum atomic E-state index is -0.160. The molecule has 0 bridgehead atoms. The summed E-state index contributed by atoms with van der Waals surface area (Å²) in [5.74, 6) is 0.608. The van der Waals surface area contributed by atoms with E-state index in [9.17, 15) is 4.79 Å². The topological polar surface area (TPSA) is 52.3 Å². The summed E-state index contributed by atoms with van der Waals surface area (Å²) in [7, 11) is 0. The van der Waals surface area contributed by atoms with E-state index in [1.54, 1.807) is 0 Å². The molecule has 0 atom stereocenters. The summed E-state index contributed by atoms with van der Waals surface area (Å²) in [5.41, 5.74) is 7.32. The largest absolute Gasteiger partial charge is 0.462 e. The van der Waals surface area contributed by atoms with Gasteiger partial charge in [0.2, 0.25) is 0 Å². The summed E-state index contributed by atoms with van der Waals surface area (Å²) in [6.45, 7) is 2.25.